The van der Waals surface area contributed by atoms with Crippen LogP contribution in [-0.2, 0) is 0 Å². The lowest BCUT2D eigenvalue weighted by Crippen LogP contribution is -2.43. The van der Waals surface area contributed by atoms with Gasteiger partial charge in [-0.3, -0.25) is 4.79 Å². The molecule has 118 valence electrons. The zero-order valence-electron chi connectivity index (χ0n) is 12.7. The molecule has 2 unspecified atom stereocenters. The molecule has 1 aliphatic carbocycles. The zero-order chi connectivity index (χ0) is 15.7. The Morgan fingerprint density at radius 3 is 2.91 bits per heavy atom. The summed E-state index contributed by atoms with van der Waals surface area (Å²) in [5.74, 6) is -0.381. The highest BCUT2D eigenvalue weighted by Crippen LogP contribution is 2.25. The molecule has 22 heavy (non-hydrogen) atoms. The summed E-state index contributed by atoms with van der Waals surface area (Å²) < 4.78 is 13.4. The Labute approximate surface area is 128 Å². The lowest BCUT2D eigenvalue weighted by molar-refractivity contribution is 0.0868. The van der Waals surface area contributed by atoms with Crippen molar-refractivity contribution in [2.75, 3.05) is 6.61 Å². The number of rotatable bonds is 3. The van der Waals surface area contributed by atoms with Gasteiger partial charge in [-0.05, 0) is 43.5 Å². The van der Waals surface area contributed by atoms with Crippen LogP contribution in [0.5, 0.6) is 0 Å². The predicted molar refractivity (Wildman–Crippen MR) is 83.3 cm³/mol. The molecule has 2 aromatic rings. The van der Waals surface area contributed by atoms with E-state index in [0.29, 0.717) is 11.2 Å². The number of H-pyrrole nitrogens is 1. The molecular formula is C17H21FN2O2. The number of fused-ring (bicyclic) bond motifs is 1. The SMILES string of the molecule is Cc1cc(F)cc2[nH]c(C(=O)NC3CCCCC3CO)cc12. The minimum atomic E-state index is -0.313. The first-order valence-corrected chi connectivity index (χ1v) is 7.79. The van der Waals surface area contributed by atoms with Crippen molar-refractivity contribution >= 4 is 16.8 Å². The summed E-state index contributed by atoms with van der Waals surface area (Å²) in [6.45, 7) is 1.92. The van der Waals surface area contributed by atoms with Crippen LogP contribution in [0.25, 0.3) is 10.9 Å². The Morgan fingerprint density at radius 2 is 2.14 bits per heavy atom. The molecule has 0 radical (unpaired) electrons. The first-order chi connectivity index (χ1) is 10.6. The second kappa shape index (κ2) is 6.08. The minimum absolute atomic E-state index is 0.00972. The molecule has 1 aliphatic rings. The van der Waals surface area contributed by atoms with Crippen molar-refractivity contribution in [3.8, 4) is 0 Å². The Balaban J connectivity index is 1.81. The number of hydrogen-bond acceptors (Lipinski definition) is 2. The van der Waals surface area contributed by atoms with Gasteiger partial charge in [0, 0.05) is 29.5 Å². The van der Waals surface area contributed by atoms with Crippen LogP contribution in [0.3, 0.4) is 0 Å². The maximum atomic E-state index is 13.4. The van der Waals surface area contributed by atoms with Crippen LogP contribution in [0.1, 0.15) is 41.7 Å². The largest absolute Gasteiger partial charge is 0.396 e. The van der Waals surface area contributed by atoms with Gasteiger partial charge in [-0.1, -0.05) is 12.8 Å². The van der Waals surface area contributed by atoms with Gasteiger partial charge in [0.25, 0.3) is 5.91 Å². The predicted octanol–water partition coefficient (Wildman–Crippen LogP) is 2.90. The van der Waals surface area contributed by atoms with E-state index in [1.54, 1.807) is 6.07 Å². The molecule has 4 nitrogen and oxygen atoms in total. The van der Waals surface area contributed by atoms with Crippen LogP contribution >= 0.6 is 0 Å². The normalized spacial score (nSPS) is 22.0. The maximum absolute atomic E-state index is 13.4. The molecule has 1 aromatic carbocycles. The zero-order valence-corrected chi connectivity index (χ0v) is 12.7. The molecule has 0 saturated heterocycles. The molecule has 1 aromatic heterocycles. The fraction of sp³-hybridized carbons (Fsp3) is 0.471. The summed E-state index contributed by atoms with van der Waals surface area (Å²) in [4.78, 5) is 15.4. The summed E-state index contributed by atoms with van der Waals surface area (Å²) in [5.41, 5.74) is 1.87. The number of amides is 1. The minimum Gasteiger partial charge on any atom is -0.396 e. The second-order valence-corrected chi connectivity index (χ2v) is 6.17. The van der Waals surface area contributed by atoms with E-state index in [4.69, 9.17) is 0 Å². The van der Waals surface area contributed by atoms with E-state index in [1.165, 1.54) is 12.1 Å². The van der Waals surface area contributed by atoms with Crippen molar-refractivity contribution in [3.63, 3.8) is 0 Å². The van der Waals surface area contributed by atoms with E-state index >= 15 is 0 Å². The van der Waals surface area contributed by atoms with Gasteiger partial charge >= 0.3 is 0 Å². The van der Waals surface area contributed by atoms with Gasteiger partial charge in [-0.25, -0.2) is 4.39 Å². The van der Waals surface area contributed by atoms with Crippen molar-refractivity contribution in [1.29, 1.82) is 0 Å². The number of aromatic nitrogens is 1. The molecule has 1 amide bonds. The summed E-state index contributed by atoms with van der Waals surface area (Å²) in [6.07, 6.45) is 4.00. The number of halogens is 1. The number of carbonyl (C=O) groups excluding carboxylic acids is 1. The average molecular weight is 304 g/mol. The summed E-state index contributed by atoms with van der Waals surface area (Å²) >= 11 is 0. The third kappa shape index (κ3) is 2.86. The van der Waals surface area contributed by atoms with Crippen LogP contribution in [0.4, 0.5) is 4.39 Å². The fourth-order valence-corrected chi connectivity index (χ4v) is 3.36. The van der Waals surface area contributed by atoms with Gasteiger partial charge in [0.15, 0.2) is 0 Å². The Bertz CT molecular complexity index is 695. The average Bonchev–Trinajstić information content (AvgIpc) is 2.92. The lowest BCUT2D eigenvalue weighted by Gasteiger charge is -2.30. The number of aliphatic hydroxyl groups is 1. The summed E-state index contributed by atoms with van der Waals surface area (Å²) in [7, 11) is 0. The van der Waals surface area contributed by atoms with Crippen LogP contribution in [0, 0.1) is 18.7 Å². The molecule has 0 bridgehead atoms. The fourth-order valence-electron chi connectivity index (χ4n) is 3.36. The molecule has 5 heteroatoms. The number of aromatic amines is 1. The lowest BCUT2D eigenvalue weighted by atomic mass is 9.85. The number of aliphatic hydroxyl groups excluding tert-OH is 1. The van der Waals surface area contributed by atoms with Crippen LogP contribution in [-0.4, -0.2) is 28.6 Å². The highest BCUT2D eigenvalue weighted by Gasteiger charge is 2.26. The highest BCUT2D eigenvalue weighted by molar-refractivity contribution is 5.99. The number of hydrogen-bond donors (Lipinski definition) is 3. The maximum Gasteiger partial charge on any atom is 0.267 e. The van der Waals surface area contributed by atoms with E-state index in [0.717, 1.165) is 36.6 Å². The number of aryl methyl sites for hydroxylation is 1. The number of benzene rings is 1. The molecule has 1 heterocycles. The molecule has 2 atom stereocenters. The van der Waals surface area contributed by atoms with Crippen molar-refractivity contribution in [2.45, 2.75) is 38.6 Å². The molecular weight excluding hydrogens is 283 g/mol. The summed E-state index contributed by atoms with van der Waals surface area (Å²) in [5, 5.41) is 13.3. The summed E-state index contributed by atoms with van der Waals surface area (Å²) in [6, 6.07) is 4.63. The van der Waals surface area contributed by atoms with Crippen molar-refractivity contribution < 1.29 is 14.3 Å². The molecule has 0 spiro atoms. The number of nitrogens with one attached hydrogen (secondary N) is 2. The number of carbonyl (C=O) groups is 1. The quantitative estimate of drug-likeness (QED) is 0.816. The van der Waals surface area contributed by atoms with Gasteiger partial charge in [0.1, 0.15) is 11.5 Å². The Hall–Kier alpha value is -1.88. The third-order valence-electron chi connectivity index (χ3n) is 4.61. The molecule has 1 fully saturated rings. The first-order valence-electron chi connectivity index (χ1n) is 7.79. The second-order valence-electron chi connectivity index (χ2n) is 6.17. The standard InChI is InChI=1S/C17H21FN2O2/c1-10-6-12(18)7-15-13(10)8-16(19-15)17(22)20-14-5-3-2-4-11(14)9-21/h6-8,11,14,19,21H,2-5,9H2,1H3,(H,20,22). The van der Waals surface area contributed by atoms with E-state index < -0.39 is 0 Å². The van der Waals surface area contributed by atoms with Gasteiger partial charge in [-0.15, -0.1) is 0 Å². The Morgan fingerprint density at radius 1 is 1.36 bits per heavy atom. The highest BCUT2D eigenvalue weighted by atomic mass is 19.1. The molecule has 1 saturated carbocycles. The van der Waals surface area contributed by atoms with E-state index in [1.807, 2.05) is 6.92 Å². The van der Waals surface area contributed by atoms with Gasteiger partial charge in [0.2, 0.25) is 0 Å². The van der Waals surface area contributed by atoms with Crippen LogP contribution < -0.4 is 5.32 Å². The molecule has 3 rings (SSSR count). The first kappa shape index (κ1) is 15.0. The van der Waals surface area contributed by atoms with Crippen LogP contribution in [0.2, 0.25) is 0 Å². The molecule has 3 N–H and O–H groups in total. The van der Waals surface area contributed by atoms with E-state index in [-0.39, 0.29) is 30.3 Å². The third-order valence-corrected chi connectivity index (χ3v) is 4.61. The topological polar surface area (TPSA) is 65.1 Å². The smallest absolute Gasteiger partial charge is 0.267 e. The van der Waals surface area contributed by atoms with E-state index in [9.17, 15) is 14.3 Å². The van der Waals surface area contributed by atoms with Crippen LogP contribution in [0.15, 0.2) is 18.2 Å². The van der Waals surface area contributed by atoms with Gasteiger partial charge in [-0.2, -0.15) is 0 Å². The van der Waals surface area contributed by atoms with E-state index in [2.05, 4.69) is 10.3 Å². The van der Waals surface area contributed by atoms with Crippen molar-refractivity contribution in [3.05, 3.63) is 35.3 Å². The van der Waals surface area contributed by atoms with Crippen molar-refractivity contribution in [2.24, 2.45) is 5.92 Å². The van der Waals surface area contributed by atoms with Gasteiger partial charge < -0.3 is 15.4 Å². The molecule has 0 aliphatic heterocycles. The van der Waals surface area contributed by atoms with Crippen molar-refractivity contribution in [1.82, 2.24) is 10.3 Å². The monoisotopic (exact) mass is 304 g/mol. The Kier molecular flexibility index (Phi) is 4.16. The van der Waals surface area contributed by atoms with Gasteiger partial charge in [0.05, 0.1) is 0 Å².